The quantitative estimate of drug-likeness (QED) is 0.538. The number of hydrogen-bond acceptors (Lipinski definition) is 5. The fraction of sp³-hybridized carbons (Fsp3) is 0.579. The molecule has 1 atom stereocenters. The first-order valence-corrected chi connectivity index (χ1v) is 10.9. The third kappa shape index (κ3) is 5.77. The highest BCUT2D eigenvalue weighted by Crippen LogP contribution is 2.25. The Kier molecular flexibility index (Phi) is 7.79. The van der Waals surface area contributed by atoms with Crippen molar-refractivity contribution in [2.45, 2.75) is 56.9 Å². The second-order valence-electron chi connectivity index (χ2n) is 6.76. The topological polar surface area (TPSA) is 92.8 Å². The number of rotatable bonds is 8. The lowest BCUT2D eigenvalue weighted by Gasteiger charge is -2.32. The van der Waals surface area contributed by atoms with E-state index in [1.54, 1.807) is 0 Å². The lowest BCUT2D eigenvalue weighted by Crippen LogP contribution is -2.41. The van der Waals surface area contributed by atoms with E-state index < -0.39 is 16.0 Å². The Balaban J connectivity index is 1.95. The first-order chi connectivity index (χ1) is 12.9. The predicted octanol–water partition coefficient (Wildman–Crippen LogP) is 2.32. The van der Waals surface area contributed by atoms with Gasteiger partial charge in [0.05, 0.1) is 10.5 Å². The van der Waals surface area contributed by atoms with Gasteiger partial charge >= 0.3 is 5.97 Å². The maximum atomic E-state index is 12.8. The molecule has 8 heteroatoms. The van der Waals surface area contributed by atoms with E-state index in [1.807, 2.05) is 13.8 Å². The number of nitrogens with zero attached hydrogens (tertiary/aromatic N) is 1. The molecule has 0 aliphatic carbocycles. The maximum absolute atomic E-state index is 12.8. The van der Waals surface area contributed by atoms with Crippen LogP contribution in [0.4, 0.5) is 0 Å². The fourth-order valence-electron chi connectivity index (χ4n) is 3.00. The van der Waals surface area contributed by atoms with Gasteiger partial charge in [-0.15, -0.1) is 0 Å². The van der Waals surface area contributed by atoms with E-state index >= 15 is 0 Å². The molecule has 27 heavy (non-hydrogen) atoms. The highest BCUT2D eigenvalue weighted by molar-refractivity contribution is 7.89. The van der Waals surface area contributed by atoms with E-state index in [4.69, 9.17) is 4.74 Å². The van der Waals surface area contributed by atoms with Gasteiger partial charge in [-0.25, -0.2) is 13.2 Å². The van der Waals surface area contributed by atoms with Crippen LogP contribution in [0.5, 0.6) is 0 Å². The molecule has 1 amide bonds. The first-order valence-electron chi connectivity index (χ1n) is 9.42. The van der Waals surface area contributed by atoms with Crippen LogP contribution < -0.4 is 5.32 Å². The molecule has 1 N–H and O–H groups in total. The summed E-state index contributed by atoms with van der Waals surface area (Å²) in [5.74, 6) is -1.01. The number of nitrogens with one attached hydrogen (secondary N) is 1. The molecule has 0 bridgehead atoms. The van der Waals surface area contributed by atoms with Crippen molar-refractivity contribution in [3.8, 4) is 0 Å². The molecule has 0 spiro atoms. The smallest absolute Gasteiger partial charge is 0.338 e. The largest absolute Gasteiger partial charge is 0.452 e. The molecule has 2 rings (SSSR count). The van der Waals surface area contributed by atoms with E-state index in [0.717, 1.165) is 32.1 Å². The van der Waals surface area contributed by atoms with Gasteiger partial charge < -0.3 is 10.1 Å². The molecule has 1 aliphatic rings. The summed E-state index contributed by atoms with van der Waals surface area (Å²) in [6, 6.07) is 5.63. The van der Waals surface area contributed by atoms with Crippen molar-refractivity contribution in [2.24, 2.45) is 0 Å². The first kappa shape index (κ1) is 21.4. The molecule has 0 aromatic heterocycles. The summed E-state index contributed by atoms with van der Waals surface area (Å²) < 4.78 is 32.0. The molecular formula is C19H28N2O5S. The van der Waals surface area contributed by atoms with Crippen LogP contribution in [-0.2, 0) is 19.6 Å². The van der Waals surface area contributed by atoms with Crippen molar-refractivity contribution in [3.63, 3.8) is 0 Å². The Morgan fingerprint density at radius 1 is 1.22 bits per heavy atom. The summed E-state index contributed by atoms with van der Waals surface area (Å²) in [5, 5.41) is 2.66. The minimum absolute atomic E-state index is 0.0281. The number of benzene rings is 1. The maximum Gasteiger partial charge on any atom is 0.338 e. The van der Waals surface area contributed by atoms with Gasteiger partial charge in [0, 0.05) is 19.1 Å². The molecule has 0 radical (unpaired) electrons. The third-order valence-electron chi connectivity index (χ3n) is 4.63. The van der Waals surface area contributed by atoms with E-state index in [2.05, 4.69) is 5.32 Å². The SMILES string of the molecule is CCCCNC(=O)COC(=O)c1ccc(S(=O)(=O)N2CCCC[C@@H]2C)cc1. The molecule has 150 valence electrons. The zero-order valence-corrected chi connectivity index (χ0v) is 16.8. The van der Waals surface area contributed by atoms with Crippen molar-refractivity contribution in [1.82, 2.24) is 9.62 Å². The molecule has 1 saturated heterocycles. The highest BCUT2D eigenvalue weighted by Gasteiger charge is 2.30. The Morgan fingerprint density at radius 3 is 2.56 bits per heavy atom. The van der Waals surface area contributed by atoms with E-state index in [0.29, 0.717) is 13.1 Å². The second kappa shape index (κ2) is 9.85. The molecule has 1 aromatic rings. The summed E-state index contributed by atoms with van der Waals surface area (Å²) in [6.07, 6.45) is 4.57. The van der Waals surface area contributed by atoms with E-state index in [1.165, 1.54) is 28.6 Å². The Hall–Kier alpha value is -1.93. The Bertz CT molecular complexity index is 746. The molecule has 1 heterocycles. The van der Waals surface area contributed by atoms with Gasteiger partial charge in [0.25, 0.3) is 5.91 Å². The van der Waals surface area contributed by atoms with Crippen LogP contribution in [-0.4, -0.2) is 50.3 Å². The Morgan fingerprint density at radius 2 is 1.93 bits per heavy atom. The van der Waals surface area contributed by atoms with Crippen LogP contribution in [0.15, 0.2) is 29.2 Å². The molecule has 1 fully saturated rings. The van der Waals surface area contributed by atoms with Gasteiger partial charge in [0.2, 0.25) is 10.0 Å². The van der Waals surface area contributed by atoms with Crippen molar-refractivity contribution < 1.29 is 22.7 Å². The lowest BCUT2D eigenvalue weighted by atomic mass is 10.1. The van der Waals surface area contributed by atoms with Crippen molar-refractivity contribution in [2.75, 3.05) is 19.7 Å². The van der Waals surface area contributed by atoms with Gasteiger partial charge in [0.1, 0.15) is 0 Å². The van der Waals surface area contributed by atoms with Gasteiger partial charge in [-0.1, -0.05) is 19.8 Å². The molecular weight excluding hydrogens is 368 g/mol. The molecule has 1 aliphatic heterocycles. The summed E-state index contributed by atoms with van der Waals surface area (Å²) in [7, 11) is -3.58. The standard InChI is InChI=1S/C19H28N2O5S/c1-3-4-12-20-18(22)14-26-19(23)16-8-10-17(11-9-16)27(24,25)21-13-6-5-7-15(21)2/h8-11,15H,3-7,12-14H2,1-2H3,(H,20,22)/t15-/m0/s1. The molecule has 0 unspecified atom stereocenters. The number of piperidine rings is 1. The second-order valence-corrected chi connectivity index (χ2v) is 8.66. The molecule has 0 saturated carbocycles. The number of ether oxygens (including phenoxy) is 1. The van der Waals surface area contributed by atoms with Crippen LogP contribution in [0, 0.1) is 0 Å². The normalized spacial score (nSPS) is 18.1. The van der Waals surface area contributed by atoms with Gasteiger partial charge in [0.15, 0.2) is 6.61 Å². The number of hydrogen-bond donors (Lipinski definition) is 1. The molecule has 1 aromatic carbocycles. The number of sulfonamides is 1. The monoisotopic (exact) mass is 396 g/mol. The lowest BCUT2D eigenvalue weighted by molar-refractivity contribution is -0.124. The number of amides is 1. The summed E-state index contributed by atoms with van der Waals surface area (Å²) in [4.78, 5) is 23.8. The molecule has 7 nitrogen and oxygen atoms in total. The third-order valence-corrected chi connectivity index (χ3v) is 6.65. The van der Waals surface area contributed by atoms with Crippen LogP contribution in [0.3, 0.4) is 0 Å². The number of esters is 1. The van der Waals surface area contributed by atoms with Gasteiger partial charge in [-0.3, -0.25) is 4.79 Å². The Labute approximate surface area is 161 Å². The van der Waals surface area contributed by atoms with Crippen molar-refractivity contribution >= 4 is 21.9 Å². The fourth-order valence-corrected chi connectivity index (χ4v) is 4.70. The summed E-state index contributed by atoms with van der Waals surface area (Å²) >= 11 is 0. The van der Waals surface area contributed by atoms with Crippen molar-refractivity contribution in [3.05, 3.63) is 29.8 Å². The number of unbranched alkanes of at least 4 members (excludes halogenated alkanes) is 1. The minimum Gasteiger partial charge on any atom is -0.452 e. The zero-order valence-electron chi connectivity index (χ0n) is 15.9. The van der Waals surface area contributed by atoms with Crippen LogP contribution in [0.1, 0.15) is 56.3 Å². The predicted molar refractivity (Wildman–Crippen MR) is 102 cm³/mol. The van der Waals surface area contributed by atoms with E-state index in [-0.39, 0.29) is 29.0 Å². The zero-order chi connectivity index (χ0) is 19.9. The van der Waals surface area contributed by atoms with Crippen LogP contribution >= 0.6 is 0 Å². The van der Waals surface area contributed by atoms with E-state index in [9.17, 15) is 18.0 Å². The number of carbonyl (C=O) groups excluding carboxylic acids is 2. The van der Waals surface area contributed by atoms with Crippen molar-refractivity contribution in [1.29, 1.82) is 0 Å². The van der Waals surface area contributed by atoms with Gasteiger partial charge in [-0.2, -0.15) is 4.31 Å². The van der Waals surface area contributed by atoms with Crippen LogP contribution in [0.25, 0.3) is 0 Å². The minimum atomic E-state index is -3.58. The summed E-state index contributed by atoms with van der Waals surface area (Å²) in [6.45, 7) is 4.64. The average molecular weight is 397 g/mol. The number of carbonyl (C=O) groups is 2. The highest BCUT2D eigenvalue weighted by atomic mass is 32.2. The van der Waals surface area contributed by atoms with Gasteiger partial charge in [-0.05, 0) is 50.5 Å². The summed E-state index contributed by atoms with van der Waals surface area (Å²) in [5.41, 5.74) is 0.210. The average Bonchev–Trinajstić information content (AvgIpc) is 2.66. The van der Waals surface area contributed by atoms with Crippen LogP contribution in [0.2, 0.25) is 0 Å².